The fraction of sp³-hybridized carbons (Fsp3) is 0.310. The van der Waals surface area contributed by atoms with Crippen LogP contribution in [0.25, 0.3) is 0 Å². The second-order valence-electron chi connectivity index (χ2n) is 9.22. The SMILES string of the molecule is C=CCCN(CC(O)(C1=CC(C)=C(N(N)c2ccc(F)cc2)CC=C1)C(C)(F)F)c1ccccc1C. The van der Waals surface area contributed by atoms with Gasteiger partial charge in [0.2, 0.25) is 0 Å². The number of allylic oxidation sites excluding steroid dienone is 3. The molecule has 7 heteroatoms. The highest BCUT2D eigenvalue weighted by atomic mass is 19.3. The van der Waals surface area contributed by atoms with Crippen LogP contribution >= 0.6 is 0 Å². The third-order valence-corrected chi connectivity index (χ3v) is 6.51. The van der Waals surface area contributed by atoms with Crippen molar-refractivity contribution in [2.75, 3.05) is 23.0 Å². The number of hydrogen-bond acceptors (Lipinski definition) is 4. The molecule has 1 aliphatic rings. The molecule has 0 radical (unpaired) electrons. The van der Waals surface area contributed by atoms with E-state index in [1.54, 1.807) is 42.2 Å². The summed E-state index contributed by atoms with van der Waals surface area (Å²) in [6, 6.07) is 13.2. The Labute approximate surface area is 211 Å². The summed E-state index contributed by atoms with van der Waals surface area (Å²) in [6.45, 7) is 8.27. The van der Waals surface area contributed by atoms with Crippen molar-refractivity contribution >= 4 is 11.4 Å². The molecular formula is C29H34F3N3O. The zero-order chi connectivity index (χ0) is 26.5. The number of para-hydroxylation sites is 1. The largest absolute Gasteiger partial charge is 0.377 e. The molecule has 0 amide bonds. The van der Waals surface area contributed by atoms with E-state index in [4.69, 9.17) is 5.84 Å². The smallest absolute Gasteiger partial charge is 0.279 e. The van der Waals surface area contributed by atoms with Gasteiger partial charge in [-0.15, -0.1) is 6.58 Å². The van der Waals surface area contributed by atoms with Crippen molar-refractivity contribution in [2.24, 2.45) is 5.84 Å². The predicted molar refractivity (Wildman–Crippen MR) is 141 cm³/mol. The second-order valence-corrected chi connectivity index (χ2v) is 9.22. The molecule has 2 aromatic rings. The maximum atomic E-state index is 15.2. The second kappa shape index (κ2) is 11.2. The minimum Gasteiger partial charge on any atom is -0.377 e. The quantitative estimate of drug-likeness (QED) is 0.225. The van der Waals surface area contributed by atoms with E-state index < -0.39 is 11.5 Å². The molecule has 3 rings (SSSR count). The van der Waals surface area contributed by atoms with Crippen LogP contribution < -0.4 is 15.8 Å². The Morgan fingerprint density at radius 1 is 1.11 bits per heavy atom. The zero-order valence-electron chi connectivity index (χ0n) is 21.0. The van der Waals surface area contributed by atoms with Crippen LogP contribution in [0.2, 0.25) is 0 Å². The molecule has 0 aromatic heterocycles. The molecule has 1 unspecified atom stereocenters. The van der Waals surface area contributed by atoms with Gasteiger partial charge >= 0.3 is 0 Å². The molecule has 1 atom stereocenters. The van der Waals surface area contributed by atoms with Crippen LogP contribution in [0.15, 0.2) is 96.3 Å². The first-order valence-electron chi connectivity index (χ1n) is 11.9. The van der Waals surface area contributed by atoms with Crippen LogP contribution in [0.3, 0.4) is 0 Å². The van der Waals surface area contributed by atoms with Crippen LogP contribution in [0.1, 0.15) is 32.3 Å². The van der Waals surface area contributed by atoms with Crippen LogP contribution in [0.4, 0.5) is 24.5 Å². The van der Waals surface area contributed by atoms with E-state index in [-0.39, 0.29) is 17.9 Å². The predicted octanol–water partition coefficient (Wildman–Crippen LogP) is 6.44. The Kier molecular flexibility index (Phi) is 8.48. The summed E-state index contributed by atoms with van der Waals surface area (Å²) in [6.07, 6.45) is 7.45. The lowest BCUT2D eigenvalue weighted by atomic mass is 9.85. The van der Waals surface area contributed by atoms with E-state index in [1.807, 2.05) is 31.2 Å². The van der Waals surface area contributed by atoms with Crippen molar-refractivity contribution < 1.29 is 18.3 Å². The van der Waals surface area contributed by atoms with E-state index in [2.05, 4.69) is 6.58 Å². The van der Waals surface area contributed by atoms with Crippen molar-refractivity contribution in [2.45, 2.75) is 45.1 Å². The molecule has 0 aliphatic heterocycles. The number of anilines is 2. The number of benzene rings is 2. The molecule has 0 saturated carbocycles. The number of aryl methyl sites for hydroxylation is 1. The molecule has 4 nitrogen and oxygen atoms in total. The van der Waals surface area contributed by atoms with E-state index in [0.29, 0.717) is 36.3 Å². The Balaban J connectivity index is 2.04. The third kappa shape index (κ3) is 5.91. The standard InChI is InChI=1S/C29H34F3N3O/c1-5-6-18-34(26-12-8-7-10-21(26)2)20-29(36,28(4,31)32)23-11-9-13-27(22(3)19-23)35(33)25-16-14-24(30)15-17-25/h5,7-12,14-17,19,36H,1,6,13,18,20,33H2,2-4H3. The molecule has 3 N–H and O–H groups in total. The molecule has 1 aliphatic carbocycles. The molecule has 36 heavy (non-hydrogen) atoms. The van der Waals surface area contributed by atoms with Gasteiger partial charge in [-0.3, -0.25) is 5.01 Å². The first-order valence-corrected chi connectivity index (χ1v) is 11.9. The first kappa shape index (κ1) is 27.3. The van der Waals surface area contributed by atoms with Crippen LogP contribution in [0, 0.1) is 12.7 Å². The molecule has 0 fully saturated rings. The maximum absolute atomic E-state index is 15.2. The van der Waals surface area contributed by atoms with E-state index in [9.17, 15) is 9.50 Å². The Bertz CT molecular complexity index is 1170. The number of hydrazine groups is 1. The van der Waals surface area contributed by atoms with E-state index >= 15 is 8.78 Å². The fourth-order valence-electron chi connectivity index (χ4n) is 4.34. The number of nitrogens with zero attached hydrogens (tertiary/aromatic N) is 2. The normalized spacial score (nSPS) is 15.7. The molecular weight excluding hydrogens is 463 g/mol. The number of nitrogens with two attached hydrogens (primary N) is 1. The lowest BCUT2D eigenvalue weighted by molar-refractivity contribution is -0.140. The van der Waals surface area contributed by atoms with Crippen molar-refractivity contribution in [1.82, 2.24) is 0 Å². The fourth-order valence-corrected chi connectivity index (χ4v) is 4.34. The van der Waals surface area contributed by atoms with E-state index in [1.165, 1.54) is 23.2 Å². The summed E-state index contributed by atoms with van der Waals surface area (Å²) < 4.78 is 43.8. The Morgan fingerprint density at radius 2 is 1.78 bits per heavy atom. The molecule has 0 bridgehead atoms. The lowest BCUT2D eigenvalue weighted by Gasteiger charge is -2.40. The number of halogens is 3. The van der Waals surface area contributed by atoms with Gasteiger partial charge in [-0.2, -0.15) is 0 Å². The Hall–Kier alpha value is -3.29. The highest BCUT2D eigenvalue weighted by Gasteiger charge is 2.52. The summed E-state index contributed by atoms with van der Waals surface area (Å²) in [5, 5.41) is 13.1. The number of alkyl halides is 2. The van der Waals surface area contributed by atoms with Gasteiger partial charge in [-0.25, -0.2) is 19.0 Å². The molecule has 192 valence electrons. The minimum atomic E-state index is -3.46. The number of hydrogen-bond donors (Lipinski definition) is 2. The van der Waals surface area contributed by atoms with Gasteiger partial charge in [0.15, 0.2) is 5.60 Å². The van der Waals surface area contributed by atoms with Crippen molar-refractivity contribution in [1.29, 1.82) is 0 Å². The maximum Gasteiger partial charge on any atom is 0.279 e. The van der Waals surface area contributed by atoms with Gasteiger partial charge < -0.3 is 10.0 Å². The Morgan fingerprint density at radius 3 is 2.39 bits per heavy atom. The van der Waals surface area contributed by atoms with Gasteiger partial charge in [-0.1, -0.05) is 42.5 Å². The van der Waals surface area contributed by atoms with Crippen molar-refractivity contribution in [3.63, 3.8) is 0 Å². The van der Waals surface area contributed by atoms with Crippen LogP contribution in [-0.2, 0) is 0 Å². The summed E-state index contributed by atoms with van der Waals surface area (Å²) in [7, 11) is 0. The van der Waals surface area contributed by atoms with Crippen LogP contribution in [-0.4, -0.2) is 29.7 Å². The average Bonchev–Trinajstić information content (AvgIpc) is 3.03. The summed E-state index contributed by atoms with van der Waals surface area (Å²) >= 11 is 0. The van der Waals surface area contributed by atoms with Gasteiger partial charge in [0, 0.05) is 31.3 Å². The third-order valence-electron chi connectivity index (χ3n) is 6.51. The van der Waals surface area contributed by atoms with Gasteiger partial charge in [-0.05, 0) is 67.3 Å². The highest BCUT2D eigenvalue weighted by Crippen LogP contribution is 2.39. The summed E-state index contributed by atoms with van der Waals surface area (Å²) in [5.41, 5.74) is 1.13. The number of rotatable bonds is 10. The minimum absolute atomic E-state index is 0.0900. The van der Waals surface area contributed by atoms with Crippen molar-refractivity contribution in [3.05, 3.63) is 108 Å². The highest BCUT2D eigenvalue weighted by molar-refractivity contribution is 5.57. The summed E-state index contributed by atoms with van der Waals surface area (Å²) in [5.74, 6) is 2.47. The van der Waals surface area contributed by atoms with Crippen molar-refractivity contribution in [3.8, 4) is 0 Å². The monoisotopic (exact) mass is 497 g/mol. The molecule has 0 saturated heterocycles. The molecule has 0 heterocycles. The first-order chi connectivity index (χ1) is 17.0. The molecule has 2 aromatic carbocycles. The lowest BCUT2D eigenvalue weighted by Crippen LogP contribution is -2.55. The summed E-state index contributed by atoms with van der Waals surface area (Å²) in [4.78, 5) is 1.78. The number of aliphatic hydroxyl groups is 1. The molecule has 0 spiro atoms. The average molecular weight is 498 g/mol. The van der Waals surface area contributed by atoms with Gasteiger partial charge in [0.05, 0.1) is 12.2 Å². The van der Waals surface area contributed by atoms with E-state index in [0.717, 1.165) is 18.2 Å². The van der Waals surface area contributed by atoms with Gasteiger partial charge in [0.1, 0.15) is 5.82 Å². The zero-order valence-corrected chi connectivity index (χ0v) is 21.0. The topological polar surface area (TPSA) is 52.7 Å². The van der Waals surface area contributed by atoms with Gasteiger partial charge in [0.25, 0.3) is 5.92 Å². The van der Waals surface area contributed by atoms with Crippen LogP contribution in [0.5, 0.6) is 0 Å².